The Hall–Kier alpha value is -1.36. The van der Waals surface area contributed by atoms with E-state index < -0.39 is 12.1 Å². The molecular weight excluding hydrogens is 210 g/mol. The van der Waals surface area contributed by atoms with Crippen molar-refractivity contribution in [3.63, 3.8) is 0 Å². The second kappa shape index (κ2) is 7.87. The van der Waals surface area contributed by atoms with Crippen LogP contribution in [0.25, 0.3) is 0 Å². The quantitative estimate of drug-likeness (QED) is 0.628. The summed E-state index contributed by atoms with van der Waals surface area (Å²) in [5.41, 5.74) is 0. The van der Waals surface area contributed by atoms with Crippen LogP contribution in [0.1, 0.15) is 20.3 Å². The van der Waals surface area contributed by atoms with E-state index >= 15 is 0 Å². The van der Waals surface area contributed by atoms with Gasteiger partial charge in [-0.05, 0) is 13.8 Å². The predicted octanol–water partition coefficient (Wildman–Crippen LogP) is 0.901. The maximum absolute atomic E-state index is 11.8. The van der Waals surface area contributed by atoms with Crippen molar-refractivity contribution in [1.82, 2.24) is 4.90 Å². The van der Waals surface area contributed by atoms with Gasteiger partial charge in [-0.15, -0.1) is 6.58 Å². The molecule has 1 amide bonds. The number of amides is 1. The lowest BCUT2D eigenvalue weighted by molar-refractivity contribution is -0.143. The van der Waals surface area contributed by atoms with Crippen LogP contribution in [0.15, 0.2) is 12.7 Å². The third-order valence-electron chi connectivity index (χ3n) is 2.10. The fourth-order valence-electron chi connectivity index (χ4n) is 1.20. The van der Waals surface area contributed by atoms with Crippen LogP contribution in [0.2, 0.25) is 0 Å². The topological polar surface area (TPSA) is 66.8 Å². The highest BCUT2D eigenvalue weighted by Gasteiger charge is 2.19. The molecule has 1 unspecified atom stereocenters. The fourth-order valence-corrected chi connectivity index (χ4v) is 1.20. The number of rotatable bonds is 8. The number of hydrogen-bond acceptors (Lipinski definition) is 3. The molecule has 0 aliphatic rings. The Morgan fingerprint density at radius 1 is 1.56 bits per heavy atom. The van der Waals surface area contributed by atoms with E-state index in [2.05, 4.69) is 6.58 Å². The first-order chi connectivity index (χ1) is 7.52. The van der Waals surface area contributed by atoms with Crippen molar-refractivity contribution in [1.29, 1.82) is 0 Å². The first-order valence-corrected chi connectivity index (χ1v) is 5.26. The van der Waals surface area contributed by atoms with Crippen LogP contribution in [0, 0.1) is 0 Å². The molecule has 1 N–H and O–H groups in total. The number of ether oxygens (including phenoxy) is 1. The molecule has 0 saturated carbocycles. The Bertz CT molecular complexity index is 252. The summed E-state index contributed by atoms with van der Waals surface area (Å²) in [6, 6.07) is 0. The van der Waals surface area contributed by atoms with Gasteiger partial charge in [0.2, 0.25) is 0 Å². The molecule has 16 heavy (non-hydrogen) atoms. The molecule has 5 heteroatoms. The molecule has 0 aromatic heterocycles. The van der Waals surface area contributed by atoms with Gasteiger partial charge in [-0.25, -0.2) is 0 Å². The van der Waals surface area contributed by atoms with E-state index in [1.807, 2.05) is 0 Å². The smallest absolute Gasteiger partial charge is 0.305 e. The third-order valence-corrected chi connectivity index (χ3v) is 2.10. The molecule has 0 aliphatic carbocycles. The maximum atomic E-state index is 11.8. The van der Waals surface area contributed by atoms with E-state index in [0.717, 1.165) is 0 Å². The van der Waals surface area contributed by atoms with Crippen LogP contribution in [-0.2, 0) is 14.3 Å². The van der Waals surface area contributed by atoms with E-state index in [0.29, 0.717) is 13.2 Å². The minimum absolute atomic E-state index is 0.0479. The number of likely N-dealkylation sites (N-methyl/N-ethyl adjacent to an activating group) is 1. The van der Waals surface area contributed by atoms with Crippen molar-refractivity contribution in [2.75, 3.05) is 19.7 Å². The Morgan fingerprint density at radius 2 is 2.19 bits per heavy atom. The van der Waals surface area contributed by atoms with Gasteiger partial charge in [-0.1, -0.05) is 6.08 Å². The van der Waals surface area contributed by atoms with E-state index in [1.54, 1.807) is 19.9 Å². The summed E-state index contributed by atoms with van der Waals surface area (Å²) in [5.74, 6) is -1.10. The van der Waals surface area contributed by atoms with E-state index in [-0.39, 0.29) is 18.9 Å². The number of nitrogens with zero attached hydrogens (tertiary/aromatic N) is 1. The SMILES string of the molecule is C=CCOC(C)C(=O)N(CC)CCC(=O)O. The maximum Gasteiger partial charge on any atom is 0.305 e. The molecule has 0 rings (SSSR count). The number of aliphatic carboxylic acids is 1. The number of carboxylic acids is 1. The van der Waals surface area contributed by atoms with Crippen molar-refractivity contribution in [2.24, 2.45) is 0 Å². The summed E-state index contributed by atoms with van der Waals surface area (Å²) in [4.78, 5) is 23.6. The second-order valence-electron chi connectivity index (χ2n) is 3.33. The fraction of sp³-hybridized carbons (Fsp3) is 0.636. The summed E-state index contributed by atoms with van der Waals surface area (Å²) in [6.45, 7) is 7.95. The lowest BCUT2D eigenvalue weighted by Crippen LogP contribution is -2.40. The van der Waals surface area contributed by atoms with Gasteiger partial charge >= 0.3 is 5.97 Å². The minimum Gasteiger partial charge on any atom is -0.481 e. The average molecular weight is 229 g/mol. The summed E-state index contributed by atoms with van der Waals surface area (Å²) < 4.78 is 5.19. The molecular formula is C11H19NO4. The highest BCUT2D eigenvalue weighted by molar-refractivity contribution is 5.81. The third kappa shape index (κ3) is 5.50. The van der Waals surface area contributed by atoms with Crippen molar-refractivity contribution in [2.45, 2.75) is 26.4 Å². The zero-order valence-corrected chi connectivity index (χ0v) is 9.81. The normalized spacial score (nSPS) is 11.9. The highest BCUT2D eigenvalue weighted by atomic mass is 16.5. The minimum atomic E-state index is -0.911. The molecule has 1 atom stereocenters. The van der Waals surface area contributed by atoms with Gasteiger partial charge in [0.1, 0.15) is 6.10 Å². The molecule has 5 nitrogen and oxygen atoms in total. The Balaban J connectivity index is 4.17. The number of carbonyl (C=O) groups excluding carboxylic acids is 1. The Morgan fingerprint density at radius 3 is 2.62 bits per heavy atom. The zero-order chi connectivity index (χ0) is 12.6. The molecule has 0 spiro atoms. The van der Waals surface area contributed by atoms with Crippen LogP contribution >= 0.6 is 0 Å². The molecule has 0 bridgehead atoms. The monoisotopic (exact) mass is 229 g/mol. The molecule has 0 aromatic rings. The van der Waals surface area contributed by atoms with Crippen molar-refractivity contribution >= 4 is 11.9 Å². The van der Waals surface area contributed by atoms with Crippen molar-refractivity contribution in [3.05, 3.63) is 12.7 Å². The summed E-state index contributed by atoms with van der Waals surface area (Å²) in [5, 5.41) is 8.54. The lowest BCUT2D eigenvalue weighted by Gasteiger charge is -2.23. The van der Waals surface area contributed by atoms with E-state index in [4.69, 9.17) is 9.84 Å². The number of carboxylic acid groups (broad SMARTS) is 1. The molecule has 0 aliphatic heterocycles. The lowest BCUT2D eigenvalue weighted by atomic mass is 10.3. The molecule has 0 radical (unpaired) electrons. The van der Waals surface area contributed by atoms with Gasteiger partial charge < -0.3 is 14.7 Å². The van der Waals surface area contributed by atoms with E-state index in [1.165, 1.54) is 4.90 Å². The molecule has 0 fully saturated rings. The standard InChI is InChI=1S/C11H19NO4/c1-4-8-16-9(3)11(15)12(5-2)7-6-10(13)14/h4,9H,1,5-8H2,2-3H3,(H,13,14). The second-order valence-corrected chi connectivity index (χ2v) is 3.33. The molecule has 0 aromatic carbocycles. The zero-order valence-electron chi connectivity index (χ0n) is 9.81. The summed E-state index contributed by atoms with van der Waals surface area (Å²) in [7, 11) is 0. The summed E-state index contributed by atoms with van der Waals surface area (Å²) in [6.07, 6.45) is 0.956. The predicted molar refractivity (Wildman–Crippen MR) is 60.1 cm³/mol. The molecule has 92 valence electrons. The van der Waals surface area contributed by atoms with Gasteiger partial charge in [-0.2, -0.15) is 0 Å². The van der Waals surface area contributed by atoms with Crippen LogP contribution in [0.3, 0.4) is 0 Å². The van der Waals surface area contributed by atoms with Crippen molar-refractivity contribution < 1.29 is 19.4 Å². The van der Waals surface area contributed by atoms with E-state index in [9.17, 15) is 9.59 Å². The Kier molecular flexibility index (Phi) is 7.20. The largest absolute Gasteiger partial charge is 0.481 e. The Labute approximate surface area is 95.7 Å². The first kappa shape index (κ1) is 14.6. The van der Waals surface area contributed by atoms with Crippen LogP contribution in [0.5, 0.6) is 0 Å². The van der Waals surface area contributed by atoms with Crippen molar-refractivity contribution in [3.8, 4) is 0 Å². The van der Waals surface area contributed by atoms with Crippen LogP contribution < -0.4 is 0 Å². The van der Waals surface area contributed by atoms with Crippen LogP contribution in [-0.4, -0.2) is 47.7 Å². The number of carbonyl (C=O) groups is 2. The summed E-state index contributed by atoms with van der Waals surface area (Å²) >= 11 is 0. The first-order valence-electron chi connectivity index (χ1n) is 5.26. The van der Waals surface area contributed by atoms with Gasteiger partial charge in [-0.3, -0.25) is 9.59 Å². The average Bonchev–Trinajstić information content (AvgIpc) is 2.25. The molecule has 0 saturated heterocycles. The van der Waals surface area contributed by atoms with Gasteiger partial charge in [0.05, 0.1) is 13.0 Å². The number of hydrogen-bond donors (Lipinski definition) is 1. The van der Waals surface area contributed by atoms with Gasteiger partial charge in [0.25, 0.3) is 5.91 Å². The highest BCUT2D eigenvalue weighted by Crippen LogP contribution is 2.01. The molecule has 0 heterocycles. The van der Waals surface area contributed by atoms with Crippen LogP contribution in [0.4, 0.5) is 0 Å². The van der Waals surface area contributed by atoms with Gasteiger partial charge in [0, 0.05) is 13.1 Å². The van der Waals surface area contributed by atoms with Gasteiger partial charge in [0.15, 0.2) is 0 Å².